The minimum absolute atomic E-state index is 0.223. The number of aryl methyl sites for hydroxylation is 1. The van der Waals surface area contributed by atoms with Crippen LogP contribution < -0.4 is 0 Å². The van der Waals surface area contributed by atoms with E-state index in [0.717, 1.165) is 0 Å². The number of hydrogen-bond acceptors (Lipinski definition) is 2. The van der Waals surface area contributed by atoms with E-state index < -0.39 is 5.60 Å². The third-order valence-corrected chi connectivity index (χ3v) is 3.44. The van der Waals surface area contributed by atoms with Crippen molar-refractivity contribution in [2.75, 3.05) is 13.2 Å². The molecule has 0 unspecified atom stereocenters. The zero-order chi connectivity index (χ0) is 11.1. The van der Waals surface area contributed by atoms with Crippen LogP contribution in [-0.2, 0) is 10.2 Å². The first-order valence-corrected chi connectivity index (χ1v) is 5.33. The quantitative estimate of drug-likeness (QED) is 0.802. The summed E-state index contributed by atoms with van der Waals surface area (Å²) in [5, 5.41) is 10.3. The van der Waals surface area contributed by atoms with E-state index in [9.17, 15) is 5.11 Å². The molecule has 0 amide bonds. The van der Waals surface area contributed by atoms with E-state index in [1.54, 1.807) is 0 Å². The van der Waals surface area contributed by atoms with Gasteiger partial charge in [-0.25, -0.2) is 0 Å². The number of hydrogen-bond donors (Lipinski definition) is 1. The van der Waals surface area contributed by atoms with Crippen molar-refractivity contribution in [3.8, 4) is 0 Å². The molecule has 0 atom stereocenters. The number of benzene rings is 1. The average molecular weight is 206 g/mol. The monoisotopic (exact) mass is 206 g/mol. The highest BCUT2D eigenvalue weighted by Crippen LogP contribution is 2.41. The molecule has 1 saturated heterocycles. The Balaban J connectivity index is 2.43. The van der Waals surface area contributed by atoms with Gasteiger partial charge in [0.25, 0.3) is 0 Å². The lowest BCUT2D eigenvalue weighted by Crippen LogP contribution is -2.60. The molecule has 0 aliphatic carbocycles. The number of rotatable bonds is 2. The van der Waals surface area contributed by atoms with Crippen molar-refractivity contribution in [2.45, 2.75) is 31.8 Å². The van der Waals surface area contributed by atoms with Gasteiger partial charge in [-0.3, -0.25) is 0 Å². The van der Waals surface area contributed by atoms with E-state index >= 15 is 0 Å². The molecule has 2 rings (SSSR count). The lowest BCUT2D eigenvalue weighted by atomic mass is 9.67. The number of aliphatic hydroxyl groups is 1. The summed E-state index contributed by atoms with van der Waals surface area (Å²) in [6.45, 7) is 7.01. The standard InChI is InChI=1S/C13H18O2/c1-10-5-4-6-11(7-10)13(8-15-9-13)12(2,3)14/h4-7,14H,8-9H2,1-3H3. The summed E-state index contributed by atoms with van der Waals surface area (Å²) in [4.78, 5) is 0. The smallest absolute Gasteiger partial charge is 0.0732 e. The molecule has 2 heteroatoms. The Hall–Kier alpha value is -0.860. The van der Waals surface area contributed by atoms with Crippen LogP contribution in [0.3, 0.4) is 0 Å². The molecular weight excluding hydrogens is 188 g/mol. The lowest BCUT2D eigenvalue weighted by Gasteiger charge is -2.50. The molecule has 0 bridgehead atoms. The predicted octanol–water partition coefficient (Wildman–Crippen LogP) is 2.03. The Morgan fingerprint density at radius 2 is 2.00 bits per heavy atom. The molecule has 1 fully saturated rings. The van der Waals surface area contributed by atoms with Gasteiger partial charge in [0.1, 0.15) is 0 Å². The van der Waals surface area contributed by atoms with Crippen LogP contribution in [0.5, 0.6) is 0 Å². The first-order chi connectivity index (χ1) is 6.96. The van der Waals surface area contributed by atoms with Crippen LogP contribution in [-0.4, -0.2) is 23.9 Å². The minimum atomic E-state index is -0.737. The largest absolute Gasteiger partial charge is 0.389 e. The fourth-order valence-electron chi connectivity index (χ4n) is 2.12. The fraction of sp³-hybridized carbons (Fsp3) is 0.538. The third-order valence-electron chi connectivity index (χ3n) is 3.44. The summed E-state index contributed by atoms with van der Waals surface area (Å²) >= 11 is 0. The maximum atomic E-state index is 10.3. The van der Waals surface area contributed by atoms with Crippen LogP contribution in [0.4, 0.5) is 0 Å². The summed E-state index contributed by atoms with van der Waals surface area (Å²) in [7, 11) is 0. The van der Waals surface area contributed by atoms with Gasteiger partial charge in [-0.1, -0.05) is 29.8 Å². The first-order valence-electron chi connectivity index (χ1n) is 5.33. The van der Waals surface area contributed by atoms with E-state index in [-0.39, 0.29) is 5.41 Å². The van der Waals surface area contributed by atoms with Crippen LogP contribution in [0.25, 0.3) is 0 Å². The summed E-state index contributed by atoms with van der Waals surface area (Å²) in [5.41, 5.74) is 1.45. The predicted molar refractivity (Wildman–Crippen MR) is 60.0 cm³/mol. The average Bonchev–Trinajstić information content (AvgIpc) is 1.98. The van der Waals surface area contributed by atoms with Gasteiger partial charge >= 0.3 is 0 Å². The molecule has 2 nitrogen and oxygen atoms in total. The maximum absolute atomic E-state index is 10.3. The lowest BCUT2D eigenvalue weighted by molar-refractivity contribution is -0.157. The Kier molecular flexibility index (Phi) is 2.36. The maximum Gasteiger partial charge on any atom is 0.0732 e. The molecule has 0 spiro atoms. The van der Waals surface area contributed by atoms with Crippen molar-refractivity contribution >= 4 is 0 Å². The van der Waals surface area contributed by atoms with Crippen LogP contribution in [0.2, 0.25) is 0 Å². The molecule has 1 aliphatic heterocycles. The first kappa shape index (κ1) is 10.7. The Labute approximate surface area is 90.9 Å². The van der Waals surface area contributed by atoms with Gasteiger partial charge < -0.3 is 9.84 Å². The van der Waals surface area contributed by atoms with Crippen molar-refractivity contribution in [1.29, 1.82) is 0 Å². The Morgan fingerprint density at radius 1 is 1.33 bits per heavy atom. The van der Waals surface area contributed by atoms with Gasteiger partial charge in [0.2, 0.25) is 0 Å². The molecule has 0 aromatic heterocycles. The summed E-state index contributed by atoms with van der Waals surface area (Å²) in [5.74, 6) is 0. The molecular formula is C13H18O2. The molecule has 1 aromatic rings. The highest BCUT2D eigenvalue weighted by Gasteiger charge is 2.51. The van der Waals surface area contributed by atoms with E-state index in [0.29, 0.717) is 13.2 Å². The third kappa shape index (κ3) is 1.58. The van der Waals surface area contributed by atoms with Gasteiger partial charge in [-0.2, -0.15) is 0 Å². The normalized spacial score (nSPS) is 19.7. The molecule has 1 heterocycles. The SMILES string of the molecule is Cc1cccc(C2(C(C)(C)O)COC2)c1. The van der Waals surface area contributed by atoms with Gasteiger partial charge in [0, 0.05) is 0 Å². The Bertz CT molecular complexity index is 359. The zero-order valence-corrected chi connectivity index (χ0v) is 9.58. The van der Waals surface area contributed by atoms with Crippen molar-refractivity contribution in [2.24, 2.45) is 0 Å². The second-order valence-corrected chi connectivity index (χ2v) is 5.00. The topological polar surface area (TPSA) is 29.5 Å². The summed E-state index contributed by atoms with van der Waals surface area (Å²) in [6, 6.07) is 8.32. The second kappa shape index (κ2) is 3.32. The van der Waals surface area contributed by atoms with E-state index in [1.165, 1.54) is 11.1 Å². The summed E-state index contributed by atoms with van der Waals surface area (Å²) < 4.78 is 5.30. The fourth-order valence-corrected chi connectivity index (χ4v) is 2.12. The van der Waals surface area contributed by atoms with Crippen molar-refractivity contribution in [3.05, 3.63) is 35.4 Å². The van der Waals surface area contributed by atoms with Crippen LogP contribution in [0.15, 0.2) is 24.3 Å². The molecule has 82 valence electrons. The zero-order valence-electron chi connectivity index (χ0n) is 9.58. The Morgan fingerprint density at radius 3 is 2.40 bits per heavy atom. The second-order valence-electron chi connectivity index (χ2n) is 5.00. The molecule has 0 radical (unpaired) electrons. The number of ether oxygens (including phenoxy) is 1. The highest BCUT2D eigenvalue weighted by molar-refractivity contribution is 5.34. The molecule has 0 saturated carbocycles. The minimum Gasteiger partial charge on any atom is -0.389 e. The van der Waals surface area contributed by atoms with Crippen molar-refractivity contribution in [3.63, 3.8) is 0 Å². The van der Waals surface area contributed by atoms with Crippen LogP contribution in [0, 0.1) is 6.92 Å². The van der Waals surface area contributed by atoms with Gasteiger partial charge in [0.15, 0.2) is 0 Å². The van der Waals surface area contributed by atoms with Crippen LogP contribution in [0.1, 0.15) is 25.0 Å². The molecule has 1 N–H and O–H groups in total. The van der Waals surface area contributed by atoms with Crippen molar-refractivity contribution in [1.82, 2.24) is 0 Å². The molecule has 15 heavy (non-hydrogen) atoms. The van der Waals surface area contributed by atoms with Crippen molar-refractivity contribution < 1.29 is 9.84 Å². The van der Waals surface area contributed by atoms with Crippen LogP contribution >= 0.6 is 0 Å². The highest BCUT2D eigenvalue weighted by atomic mass is 16.5. The molecule has 1 aromatic carbocycles. The molecule has 1 aliphatic rings. The van der Waals surface area contributed by atoms with E-state index in [2.05, 4.69) is 25.1 Å². The van der Waals surface area contributed by atoms with Gasteiger partial charge in [0.05, 0.1) is 24.2 Å². The van der Waals surface area contributed by atoms with Gasteiger partial charge in [-0.05, 0) is 26.3 Å². The van der Waals surface area contributed by atoms with E-state index in [4.69, 9.17) is 4.74 Å². The summed E-state index contributed by atoms with van der Waals surface area (Å²) in [6.07, 6.45) is 0. The van der Waals surface area contributed by atoms with E-state index in [1.807, 2.05) is 19.9 Å². The van der Waals surface area contributed by atoms with Gasteiger partial charge in [-0.15, -0.1) is 0 Å².